The van der Waals surface area contributed by atoms with Crippen molar-refractivity contribution in [1.29, 1.82) is 0 Å². The van der Waals surface area contributed by atoms with Crippen molar-refractivity contribution >= 4 is 51.8 Å². The van der Waals surface area contributed by atoms with Gasteiger partial charge < -0.3 is 9.84 Å². The van der Waals surface area contributed by atoms with Gasteiger partial charge in [0.2, 0.25) is 0 Å². The van der Waals surface area contributed by atoms with Crippen molar-refractivity contribution in [3.05, 3.63) is 32.5 Å². The number of rotatable bonds is 3. The second-order valence-corrected chi connectivity index (χ2v) is 7.00. The van der Waals surface area contributed by atoms with Gasteiger partial charge in [0.1, 0.15) is 0 Å². The van der Waals surface area contributed by atoms with Gasteiger partial charge in [-0.2, -0.15) is 4.98 Å². The molecule has 21 heavy (non-hydrogen) atoms. The molecule has 1 saturated heterocycles. The zero-order chi connectivity index (χ0) is 13.9. The van der Waals surface area contributed by atoms with E-state index in [0.717, 1.165) is 34.8 Å². The van der Waals surface area contributed by atoms with Crippen LogP contribution in [0.15, 0.2) is 19.8 Å². The molecule has 0 aromatic carbocycles. The van der Waals surface area contributed by atoms with Crippen LogP contribution in [0.5, 0.6) is 0 Å². The fraction of sp³-hybridized carbons (Fsp3) is 0.385. The third-order valence-corrected chi connectivity index (χ3v) is 4.80. The molecule has 5 nitrogen and oxygen atoms in total. The predicted molar refractivity (Wildman–Crippen MR) is 90.7 cm³/mol. The maximum absolute atomic E-state index is 5.28. The summed E-state index contributed by atoms with van der Waals surface area (Å²) in [5.74, 6) is 1.28. The first-order chi connectivity index (χ1) is 9.72. The average molecular weight is 392 g/mol. The number of thiophene rings is 1. The number of halogens is 2. The molecule has 1 aliphatic rings. The zero-order valence-corrected chi connectivity index (χ0v) is 14.7. The Bertz CT molecular complexity index is 615. The lowest BCUT2D eigenvalue weighted by molar-refractivity contribution is 0.190. The van der Waals surface area contributed by atoms with Gasteiger partial charge in [0.25, 0.3) is 5.89 Å². The number of hydrogen-bond acceptors (Lipinski definition) is 6. The number of likely N-dealkylation sites (N-methyl/N-ethyl adjacent to an activating group) is 1. The molecule has 1 N–H and O–H groups in total. The van der Waals surface area contributed by atoms with Crippen LogP contribution >= 0.6 is 39.7 Å². The Labute approximate surface area is 142 Å². The summed E-state index contributed by atoms with van der Waals surface area (Å²) in [5, 5.41) is 9.50. The summed E-state index contributed by atoms with van der Waals surface area (Å²) in [6, 6.07) is 2.24. The normalized spacial score (nSPS) is 19.8. The summed E-state index contributed by atoms with van der Waals surface area (Å²) in [5.41, 5.74) is 1.12. The van der Waals surface area contributed by atoms with Gasteiger partial charge in [-0.3, -0.25) is 4.90 Å². The number of nitrogens with zero attached hydrogens (tertiary/aromatic N) is 3. The molecule has 3 heterocycles. The van der Waals surface area contributed by atoms with E-state index in [1.54, 1.807) is 11.3 Å². The van der Waals surface area contributed by atoms with Crippen LogP contribution in [0.2, 0.25) is 0 Å². The van der Waals surface area contributed by atoms with Gasteiger partial charge in [0.05, 0.1) is 9.83 Å². The SMILES string of the molecule is CN1CCNCC1c1noc(/C=C/c2csc(Br)c2)n1.Cl. The molecular formula is C13H16BrClN4OS. The van der Waals surface area contributed by atoms with E-state index in [1.807, 2.05) is 12.2 Å². The summed E-state index contributed by atoms with van der Waals surface area (Å²) in [4.78, 5) is 6.69. The molecule has 0 bridgehead atoms. The number of hydrogen-bond donors (Lipinski definition) is 1. The van der Waals surface area contributed by atoms with Crippen molar-refractivity contribution in [3.63, 3.8) is 0 Å². The highest BCUT2D eigenvalue weighted by Crippen LogP contribution is 2.22. The van der Waals surface area contributed by atoms with Crippen molar-refractivity contribution in [2.24, 2.45) is 0 Å². The van der Waals surface area contributed by atoms with Crippen LogP contribution in [0.4, 0.5) is 0 Å². The first kappa shape index (κ1) is 16.6. The van der Waals surface area contributed by atoms with Crippen molar-refractivity contribution in [1.82, 2.24) is 20.4 Å². The van der Waals surface area contributed by atoms with E-state index < -0.39 is 0 Å². The van der Waals surface area contributed by atoms with Crippen molar-refractivity contribution < 1.29 is 4.52 Å². The molecule has 3 rings (SSSR count). The van der Waals surface area contributed by atoms with Gasteiger partial charge >= 0.3 is 0 Å². The van der Waals surface area contributed by atoms with Crippen LogP contribution in [0, 0.1) is 0 Å². The van der Waals surface area contributed by atoms with Crippen molar-refractivity contribution in [3.8, 4) is 0 Å². The van der Waals surface area contributed by atoms with E-state index in [9.17, 15) is 0 Å². The van der Waals surface area contributed by atoms with E-state index in [1.165, 1.54) is 0 Å². The van der Waals surface area contributed by atoms with Gasteiger partial charge in [0.15, 0.2) is 5.82 Å². The molecule has 1 unspecified atom stereocenters. The lowest BCUT2D eigenvalue weighted by Crippen LogP contribution is -2.44. The molecule has 0 radical (unpaired) electrons. The Morgan fingerprint density at radius 2 is 2.38 bits per heavy atom. The summed E-state index contributed by atoms with van der Waals surface area (Å²) >= 11 is 5.09. The maximum atomic E-state index is 5.28. The van der Waals surface area contributed by atoms with Gasteiger partial charge in [-0.1, -0.05) is 5.16 Å². The topological polar surface area (TPSA) is 54.2 Å². The largest absolute Gasteiger partial charge is 0.335 e. The standard InChI is InChI=1S/C13H15BrN4OS.ClH/c1-18-5-4-15-7-10(18)13-16-12(19-17-13)3-2-9-6-11(14)20-8-9;/h2-3,6,8,10,15H,4-5,7H2,1H3;1H/b3-2+;. The molecule has 0 aliphatic carbocycles. The van der Waals surface area contributed by atoms with E-state index in [0.29, 0.717) is 5.89 Å². The van der Waals surface area contributed by atoms with Crippen LogP contribution in [0.1, 0.15) is 23.3 Å². The summed E-state index contributed by atoms with van der Waals surface area (Å²) in [7, 11) is 2.08. The molecule has 0 amide bonds. The highest BCUT2D eigenvalue weighted by atomic mass is 79.9. The maximum Gasteiger partial charge on any atom is 0.250 e. The first-order valence-electron chi connectivity index (χ1n) is 6.39. The molecule has 1 fully saturated rings. The fourth-order valence-electron chi connectivity index (χ4n) is 2.12. The second kappa shape index (κ2) is 7.51. The predicted octanol–water partition coefficient (Wildman–Crippen LogP) is 3.06. The van der Waals surface area contributed by atoms with Crippen LogP contribution in [0.3, 0.4) is 0 Å². The first-order valence-corrected chi connectivity index (χ1v) is 8.06. The van der Waals surface area contributed by atoms with Crippen LogP contribution < -0.4 is 5.32 Å². The minimum absolute atomic E-state index is 0. The summed E-state index contributed by atoms with van der Waals surface area (Å²) in [6.07, 6.45) is 3.82. The van der Waals surface area contributed by atoms with E-state index in [2.05, 4.69) is 54.8 Å². The van der Waals surface area contributed by atoms with E-state index in [4.69, 9.17) is 4.52 Å². The smallest absolute Gasteiger partial charge is 0.250 e. The van der Waals surface area contributed by atoms with Crippen molar-refractivity contribution in [2.75, 3.05) is 26.7 Å². The lowest BCUT2D eigenvalue weighted by Gasteiger charge is -2.30. The zero-order valence-electron chi connectivity index (χ0n) is 11.5. The van der Waals surface area contributed by atoms with Gasteiger partial charge in [-0.05, 0) is 46.1 Å². The Hall–Kier alpha value is -0.730. The lowest BCUT2D eigenvalue weighted by atomic mass is 10.2. The molecular weight excluding hydrogens is 376 g/mol. The van der Waals surface area contributed by atoms with Gasteiger partial charge in [0, 0.05) is 25.7 Å². The van der Waals surface area contributed by atoms with Crippen LogP contribution in [-0.2, 0) is 0 Å². The molecule has 8 heteroatoms. The third kappa shape index (κ3) is 4.14. The van der Waals surface area contributed by atoms with E-state index in [-0.39, 0.29) is 18.4 Å². The molecule has 0 saturated carbocycles. The third-order valence-electron chi connectivity index (χ3n) is 3.27. The van der Waals surface area contributed by atoms with Gasteiger partial charge in [-0.15, -0.1) is 23.7 Å². The monoisotopic (exact) mass is 390 g/mol. The molecule has 0 spiro atoms. The fourth-order valence-corrected chi connectivity index (χ4v) is 3.27. The highest BCUT2D eigenvalue weighted by molar-refractivity contribution is 9.11. The summed E-state index contributed by atoms with van der Waals surface area (Å²) < 4.78 is 6.39. The van der Waals surface area contributed by atoms with Gasteiger partial charge in [-0.25, -0.2) is 0 Å². The minimum atomic E-state index is 0. The number of aromatic nitrogens is 2. The minimum Gasteiger partial charge on any atom is -0.335 e. The molecule has 1 aliphatic heterocycles. The number of piperazine rings is 1. The molecule has 2 aromatic heterocycles. The summed E-state index contributed by atoms with van der Waals surface area (Å²) in [6.45, 7) is 2.86. The quantitative estimate of drug-likeness (QED) is 0.871. The Morgan fingerprint density at radius 3 is 3.10 bits per heavy atom. The molecule has 1 atom stereocenters. The molecule has 114 valence electrons. The van der Waals surface area contributed by atoms with Crippen molar-refractivity contribution in [2.45, 2.75) is 6.04 Å². The molecule has 2 aromatic rings. The van der Waals surface area contributed by atoms with Crippen LogP contribution in [0.25, 0.3) is 12.2 Å². The Morgan fingerprint density at radius 1 is 1.52 bits per heavy atom. The second-order valence-electron chi connectivity index (χ2n) is 4.71. The Balaban J connectivity index is 0.00000161. The highest BCUT2D eigenvalue weighted by Gasteiger charge is 2.24. The van der Waals surface area contributed by atoms with E-state index >= 15 is 0 Å². The average Bonchev–Trinajstić information content (AvgIpc) is 3.06. The Kier molecular flexibility index (Phi) is 5.95. The van der Waals surface area contributed by atoms with Crippen LogP contribution in [-0.4, -0.2) is 41.7 Å². The number of nitrogens with one attached hydrogen (secondary N) is 1.